The van der Waals surface area contributed by atoms with Crippen LogP contribution in [0.4, 0.5) is 0 Å². The molecule has 0 aromatic rings. The van der Waals surface area contributed by atoms with Gasteiger partial charge in [0.05, 0.1) is 12.2 Å². The van der Waals surface area contributed by atoms with E-state index in [0.29, 0.717) is 19.3 Å². The van der Waals surface area contributed by atoms with Crippen molar-refractivity contribution in [1.82, 2.24) is 0 Å². The lowest BCUT2D eigenvalue weighted by Gasteiger charge is -2.70. The number of carbonyl (C=O) groups excluding carboxylic acids is 3. The Labute approximate surface area is 253 Å². The summed E-state index contributed by atoms with van der Waals surface area (Å²) in [4.78, 5) is 52.0. The molecule has 1 unspecified atom stereocenters. The van der Waals surface area contributed by atoms with E-state index in [0.717, 1.165) is 5.57 Å². The van der Waals surface area contributed by atoms with Crippen molar-refractivity contribution in [3.8, 4) is 0 Å². The number of ether oxygens (including phenoxy) is 2. The quantitative estimate of drug-likeness (QED) is 0.200. The van der Waals surface area contributed by atoms with Gasteiger partial charge >= 0.3 is 17.9 Å². The monoisotopic (exact) mass is 604 g/mol. The Morgan fingerprint density at radius 1 is 1.00 bits per heavy atom. The Morgan fingerprint density at radius 2 is 1.60 bits per heavy atom. The highest BCUT2D eigenvalue weighted by atomic mass is 16.6. The number of carboxylic acids is 1. The molecule has 0 saturated heterocycles. The van der Waals surface area contributed by atoms with Crippen molar-refractivity contribution in [2.75, 3.05) is 0 Å². The zero-order chi connectivity index (χ0) is 32.4. The average molecular weight is 605 g/mol. The minimum absolute atomic E-state index is 0.0216. The van der Waals surface area contributed by atoms with Crippen LogP contribution in [0.3, 0.4) is 0 Å². The first-order valence-electron chi connectivity index (χ1n) is 15.4. The van der Waals surface area contributed by atoms with Crippen LogP contribution in [0, 0.1) is 39.9 Å². The molecule has 4 aliphatic carbocycles. The Balaban J connectivity index is 1.99. The highest BCUT2D eigenvalue weighted by molar-refractivity contribution is 5.92. The molecule has 0 amide bonds. The predicted octanol–water partition coefficient (Wildman–Crippen LogP) is 3.36. The van der Waals surface area contributed by atoms with Crippen LogP contribution in [0.1, 0.15) is 87.5 Å². The summed E-state index contributed by atoms with van der Waals surface area (Å²) in [6.07, 6.45) is -2.62. The van der Waals surface area contributed by atoms with Gasteiger partial charge in [0.1, 0.15) is 18.3 Å². The SMILES string of the molecule is CC(=O)O[C@@H]1[C@H]2[C@H](C)[C@H](O)CC[C@]2(C)C2C(=O)[C@@H](O)[C@H]3/C(=C(\CCC=C(C)C)C(=O)O)[C@@H](OC(C)=O)C[C@]3(C)[C@@]2(C)[C@H]1O. The first kappa shape index (κ1) is 33.3. The summed E-state index contributed by atoms with van der Waals surface area (Å²) in [6.45, 7) is 13.6. The first-order chi connectivity index (χ1) is 19.8. The number of carboxylic acid groups (broad SMARTS) is 1. The number of hydrogen-bond acceptors (Lipinski definition) is 9. The summed E-state index contributed by atoms with van der Waals surface area (Å²) in [5.41, 5.74) is -2.17. The van der Waals surface area contributed by atoms with Gasteiger partial charge in [-0.3, -0.25) is 14.4 Å². The fourth-order valence-electron chi connectivity index (χ4n) is 9.89. The summed E-state index contributed by atoms with van der Waals surface area (Å²) >= 11 is 0. The van der Waals surface area contributed by atoms with Crippen molar-refractivity contribution < 1.29 is 49.1 Å². The van der Waals surface area contributed by atoms with E-state index in [1.807, 2.05) is 40.7 Å². The Morgan fingerprint density at radius 3 is 2.14 bits per heavy atom. The standard InChI is InChI=1S/C33H48O10/c1-15(2)10-9-11-19(30(40)41)22-21(42-17(4)34)14-32(7)24(22)25(37)26(38)28-31(6)13-12-20(36)16(3)23(31)27(43-18(5)35)29(39)33(28,32)8/h10,16,20-21,23-25,27-29,36-37,39H,9,11-14H2,1-8H3,(H,40,41)/b22-19+/t16-,20-,21+,23-,24-,25+,27-,28?,29+,31+,32+,33-/m1/s1. The lowest BCUT2D eigenvalue weighted by Crippen LogP contribution is -2.76. The smallest absolute Gasteiger partial charge is 0.331 e. The van der Waals surface area contributed by atoms with Gasteiger partial charge in [-0.2, -0.15) is 0 Å². The van der Waals surface area contributed by atoms with E-state index < -0.39 is 94.1 Å². The van der Waals surface area contributed by atoms with Crippen LogP contribution < -0.4 is 0 Å². The van der Waals surface area contributed by atoms with Gasteiger partial charge in [0.25, 0.3) is 0 Å². The molecule has 4 saturated carbocycles. The lowest BCUT2D eigenvalue weighted by molar-refractivity contribution is -0.284. The van der Waals surface area contributed by atoms with Crippen molar-refractivity contribution in [2.45, 2.75) is 118 Å². The lowest BCUT2D eigenvalue weighted by atomic mass is 9.35. The number of Topliss-reactive ketones (excluding diaryl/α,β-unsaturated/α-hetero) is 1. The minimum atomic E-state index is -1.62. The Kier molecular flexibility index (Phi) is 8.85. The van der Waals surface area contributed by atoms with Crippen molar-refractivity contribution >= 4 is 23.7 Å². The second-order valence-electron chi connectivity index (χ2n) is 14.3. The van der Waals surface area contributed by atoms with E-state index in [9.17, 15) is 39.6 Å². The third-order valence-electron chi connectivity index (χ3n) is 11.7. The number of aliphatic hydroxyl groups excluding tert-OH is 3. The maximum absolute atomic E-state index is 14.5. The molecule has 10 heteroatoms. The number of aliphatic carboxylic acids is 1. The highest BCUT2D eigenvalue weighted by Gasteiger charge is 2.78. The Bertz CT molecular complexity index is 1250. The zero-order valence-electron chi connectivity index (χ0n) is 26.5. The molecular weight excluding hydrogens is 556 g/mol. The van der Waals surface area contributed by atoms with Crippen molar-refractivity contribution in [3.05, 3.63) is 22.8 Å². The number of ketones is 1. The summed E-state index contributed by atoms with van der Waals surface area (Å²) in [7, 11) is 0. The fourth-order valence-corrected chi connectivity index (χ4v) is 9.89. The zero-order valence-corrected chi connectivity index (χ0v) is 26.5. The molecular formula is C33H48O10. The van der Waals surface area contributed by atoms with Crippen LogP contribution in [-0.2, 0) is 28.7 Å². The molecule has 0 radical (unpaired) electrons. The molecule has 0 heterocycles. The minimum Gasteiger partial charge on any atom is -0.478 e. The third-order valence-corrected chi connectivity index (χ3v) is 11.7. The van der Waals surface area contributed by atoms with Crippen molar-refractivity contribution in [1.29, 1.82) is 0 Å². The van der Waals surface area contributed by atoms with Gasteiger partial charge in [-0.05, 0) is 68.3 Å². The largest absolute Gasteiger partial charge is 0.478 e. The second kappa shape index (κ2) is 11.4. The molecule has 43 heavy (non-hydrogen) atoms. The first-order valence-corrected chi connectivity index (χ1v) is 15.4. The van der Waals surface area contributed by atoms with E-state index in [1.165, 1.54) is 13.8 Å². The molecule has 12 atom stereocenters. The molecule has 10 nitrogen and oxygen atoms in total. The molecule has 4 fully saturated rings. The Hall–Kier alpha value is -2.56. The maximum Gasteiger partial charge on any atom is 0.331 e. The molecule has 240 valence electrons. The van der Waals surface area contributed by atoms with Crippen LogP contribution in [-0.4, -0.2) is 74.6 Å². The van der Waals surface area contributed by atoms with Crippen LogP contribution in [0.2, 0.25) is 0 Å². The molecule has 0 spiro atoms. The summed E-state index contributed by atoms with van der Waals surface area (Å²) in [6, 6.07) is 0. The van der Waals surface area contributed by atoms with E-state index in [4.69, 9.17) is 9.47 Å². The van der Waals surface area contributed by atoms with E-state index in [-0.39, 0.29) is 24.0 Å². The third kappa shape index (κ3) is 4.97. The summed E-state index contributed by atoms with van der Waals surface area (Å²) in [5, 5.41) is 45.5. The molecule has 0 aromatic heterocycles. The number of hydrogen-bond donors (Lipinski definition) is 4. The van der Waals surface area contributed by atoms with Gasteiger partial charge in [0.2, 0.25) is 0 Å². The van der Waals surface area contributed by atoms with Crippen LogP contribution in [0.15, 0.2) is 22.8 Å². The molecule has 4 rings (SSSR count). The van der Waals surface area contributed by atoms with Crippen LogP contribution in [0.5, 0.6) is 0 Å². The van der Waals surface area contributed by atoms with Gasteiger partial charge < -0.3 is 29.9 Å². The van der Waals surface area contributed by atoms with Gasteiger partial charge in [0, 0.05) is 42.6 Å². The van der Waals surface area contributed by atoms with Crippen LogP contribution in [0.25, 0.3) is 0 Å². The molecule has 4 N–H and O–H groups in total. The highest BCUT2D eigenvalue weighted by Crippen LogP contribution is 2.74. The number of allylic oxidation sites excluding steroid dienone is 2. The fraction of sp³-hybridized carbons (Fsp3) is 0.758. The molecule has 0 bridgehead atoms. The average Bonchev–Trinajstić information content (AvgIpc) is 3.18. The van der Waals surface area contributed by atoms with Crippen molar-refractivity contribution in [3.63, 3.8) is 0 Å². The molecule has 0 aliphatic heterocycles. The van der Waals surface area contributed by atoms with E-state index >= 15 is 0 Å². The molecule has 0 aromatic carbocycles. The predicted molar refractivity (Wildman–Crippen MR) is 155 cm³/mol. The van der Waals surface area contributed by atoms with Gasteiger partial charge in [-0.15, -0.1) is 0 Å². The molecule has 4 aliphatic rings. The number of rotatable bonds is 6. The van der Waals surface area contributed by atoms with Crippen molar-refractivity contribution in [2.24, 2.45) is 39.9 Å². The topological polar surface area (TPSA) is 168 Å². The van der Waals surface area contributed by atoms with Gasteiger partial charge in [-0.1, -0.05) is 39.3 Å². The second-order valence-corrected chi connectivity index (χ2v) is 14.3. The summed E-state index contributed by atoms with van der Waals surface area (Å²) < 4.78 is 11.6. The maximum atomic E-state index is 14.5. The number of esters is 2. The summed E-state index contributed by atoms with van der Waals surface area (Å²) in [5.74, 6) is -5.96. The normalized spacial score (nSPS) is 44.8. The van der Waals surface area contributed by atoms with E-state index in [2.05, 4.69) is 0 Å². The van der Waals surface area contributed by atoms with Gasteiger partial charge in [-0.25, -0.2) is 4.79 Å². The number of aliphatic hydroxyl groups is 3. The van der Waals surface area contributed by atoms with Crippen LogP contribution >= 0.6 is 0 Å². The van der Waals surface area contributed by atoms with Gasteiger partial charge in [0.15, 0.2) is 5.78 Å². The number of carbonyl (C=O) groups is 4. The van der Waals surface area contributed by atoms with E-state index in [1.54, 1.807) is 6.92 Å². The number of fused-ring (bicyclic) bond motifs is 5.